The smallest absolute Gasteiger partial charge is 0.413 e. The van der Waals surface area contributed by atoms with E-state index in [1.165, 1.54) is 14.1 Å². The van der Waals surface area contributed by atoms with Crippen molar-refractivity contribution in [3.63, 3.8) is 0 Å². The van der Waals surface area contributed by atoms with Crippen molar-refractivity contribution in [1.29, 1.82) is 0 Å². The number of rotatable bonds is 4. The highest BCUT2D eigenvalue weighted by molar-refractivity contribution is 9.10. The second-order valence-corrected chi connectivity index (χ2v) is 7.34. The highest BCUT2D eigenvalue weighted by Crippen LogP contribution is 2.44. The van der Waals surface area contributed by atoms with E-state index in [0.29, 0.717) is 5.75 Å². The van der Waals surface area contributed by atoms with Crippen molar-refractivity contribution in [3.05, 3.63) is 53.0 Å². The van der Waals surface area contributed by atoms with Gasteiger partial charge in [0.15, 0.2) is 0 Å². The molecule has 0 saturated carbocycles. The number of hydrogen-bond acceptors (Lipinski definition) is 2. The van der Waals surface area contributed by atoms with Gasteiger partial charge in [-0.3, -0.25) is 0 Å². The monoisotopic (exact) mass is 355 g/mol. The van der Waals surface area contributed by atoms with Gasteiger partial charge in [0.05, 0.1) is 0 Å². The van der Waals surface area contributed by atoms with E-state index in [1.54, 1.807) is 12.1 Å². The molecule has 2 aromatic rings. The fourth-order valence-corrected chi connectivity index (χ4v) is 2.39. The minimum Gasteiger partial charge on any atom is -0.413 e. The molecule has 4 nitrogen and oxygen atoms in total. The Morgan fingerprint density at radius 3 is 1.90 bits per heavy atom. The van der Waals surface area contributed by atoms with Crippen LogP contribution in [0.2, 0.25) is 0 Å². The molecular weight excluding hydrogens is 341 g/mol. The van der Waals surface area contributed by atoms with Gasteiger partial charge in [-0.1, -0.05) is 40.2 Å². The molecule has 0 aliphatic carbocycles. The zero-order chi connectivity index (χ0) is 14.8. The van der Waals surface area contributed by atoms with Crippen LogP contribution in [-0.2, 0) is 4.57 Å². The summed E-state index contributed by atoms with van der Waals surface area (Å²) in [6, 6.07) is 15.0. The predicted molar refractivity (Wildman–Crippen MR) is 83.7 cm³/mol. The van der Waals surface area contributed by atoms with Crippen LogP contribution in [0.15, 0.2) is 53.0 Å². The van der Waals surface area contributed by atoms with Gasteiger partial charge in [0, 0.05) is 4.47 Å². The summed E-state index contributed by atoms with van der Waals surface area (Å²) in [5, 5.41) is 0. The number of benzene rings is 2. The van der Waals surface area contributed by atoms with Crippen molar-refractivity contribution in [2.75, 3.05) is 14.1 Å². The third-order valence-electron chi connectivity index (χ3n) is 2.76. The molecule has 0 radical (unpaired) electrons. The largest absolute Gasteiger partial charge is 0.458 e. The maximum atomic E-state index is 11.7. The second-order valence-electron chi connectivity index (χ2n) is 4.46. The van der Waals surface area contributed by atoms with Crippen molar-refractivity contribution in [3.8, 4) is 16.9 Å². The summed E-state index contributed by atoms with van der Waals surface area (Å²) in [6.07, 6.45) is 0. The van der Waals surface area contributed by atoms with Crippen LogP contribution in [0.25, 0.3) is 11.1 Å². The van der Waals surface area contributed by atoms with E-state index >= 15 is 0 Å². The van der Waals surface area contributed by atoms with Gasteiger partial charge in [0.1, 0.15) is 5.75 Å². The number of hydrogen-bond donors (Lipinski definition) is 1. The van der Waals surface area contributed by atoms with E-state index in [1.807, 2.05) is 36.4 Å². The van der Waals surface area contributed by atoms with Gasteiger partial charge in [-0.2, -0.15) is 0 Å². The standard InChI is InChI=1S/C14H15BrNO3P/c1-16(2)20(17,18)19-14-9-5-12(6-10-14)11-3-7-13(15)8-4-11/h3-10H,1-2H3,(H,17,18). The first kappa shape index (κ1) is 15.3. The van der Waals surface area contributed by atoms with Gasteiger partial charge in [-0.25, -0.2) is 9.24 Å². The first-order valence-corrected chi connectivity index (χ1v) is 8.27. The predicted octanol–water partition coefficient (Wildman–Crippen LogP) is 4.16. The quantitative estimate of drug-likeness (QED) is 0.836. The molecule has 0 aliphatic heterocycles. The SMILES string of the molecule is CN(C)P(=O)(O)Oc1ccc(-c2ccc(Br)cc2)cc1. The maximum Gasteiger partial charge on any atom is 0.458 e. The van der Waals surface area contributed by atoms with Gasteiger partial charge in [0.25, 0.3) is 0 Å². The second kappa shape index (κ2) is 6.10. The Bertz CT molecular complexity index is 626. The zero-order valence-electron chi connectivity index (χ0n) is 11.2. The van der Waals surface area contributed by atoms with E-state index in [9.17, 15) is 9.46 Å². The van der Waals surface area contributed by atoms with Gasteiger partial charge in [0.2, 0.25) is 0 Å². The van der Waals surface area contributed by atoms with Crippen LogP contribution in [-0.4, -0.2) is 23.7 Å². The Hall–Kier alpha value is -1.13. The maximum absolute atomic E-state index is 11.7. The van der Waals surface area contributed by atoms with Crippen LogP contribution >= 0.6 is 23.7 Å². The van der Waals surface area contributed by atoms with Crippen LogP contribution in [0.3, 0.4) is 0 Å². The third-order valence-corrected chi connectivity index (χ3v) is 4.75. The molecule has 2 rings (SSSR count). The molecule has 20 heavy (non-hydrogen) atoms. The number of nitrogens with zero attached hydrogens (tertiary/aromatic N) is 1. The van der Waals surface area contributed by atoms with E-state index in [4.69, 9.17) is 4.52 Å². The molecule has 1 atom stereocenters. The molecule has 0 aromatic heterocycles. The van der Waals surface area contributed by atoms with Gasteiger partial charge in [-0.15, -0.1) is 0 Å². The van der Waals surface area contributed by atoms with Crippen LogP contribution in [0.1, 0.15) is 0 Å². The molecule has 2 aromatic carbocycles. The zero-order valence-corrected chi connectivity index (χ0v) is 13.6. The van der Waals surface area contributed by atoms with Crippen molar-refractivity contribution in [2.45, 2.75) is 0 Å². The summed E-state index contributed by atoms with van der Waals surface area (Å²) in [7, 11) is -0.759. The highest BCUT2D eigenvalue weighted by Gasteiger charge is 2.24. The summed E-state index contributed by atoms with van der Waals surface area (Å²) < 4.78 is 19.0. The van der Waals surface area contributed by atoms with Gasteiger partial charge >= 0.3 is 7.75 Å². The van der Waals surface area contributed by atoms with E-state index in [-0.39, 0.29) is 0 Å². The fraction of sp³-hybridized carbons (Fsp3) is 0.143. The minimum atomic E-state index is -3.75. The van der Waals surface area contributed by atoms with Crippen molar-refractivity contribution in [1.82, 2.24) is 4.67 Å². The molecule has 1 unspecified atom stereocenters. The van der Waals surface area contributed by atoms with Crippen LogP contribution in [0.4, 0.5) is 0 Å². The number of halogens is 1. The van der Waals surface area contributed by atoms with E-state index in [0.717, 1.165) is 20.3 Å². The Morgan fingerprint density at radius 1 is 1.00 bits per heavy atom. The normalized spacial score (nSPS) is 14.1. The fourth-order valence-electron chi connectivity index (χ4n) is 1.57. The molecule has 0 saturated heterocycles. The Balaban J connectivity index is 2.18. The topological polar surface area (TPSA) is 49.8 Å². The summed E-state index contributed by atoms with van der Waals surface area (Å²) in [5.74, 6) is 0.366. The molecule has 0 amide bonds. The molecule has 1 N–H and O–H groups in total. The lowest BCUT2D eigenvalue weighted by atomic mass is 10.1. The van der Waals surface area contributed by atoms with E-state index < -0.39 is 7.75 Å². The lowest BCUT2D eigenvalue weighted by Gasteiger charge is -2.18. The molecule has 0 aliphatic rings. The average molecular weight is 356 g/mol. The highest BCUT2D eigenvalue weighted by atomic mass is 79.9. The lowest BCUT2D eigenvalue weighted by molar-refractivity contribution is 0.318. The Morgan fingerprint density at radius 2 is 1.45 bits per heavy atom. The third kappa shape index (κ3) is 3.70. The van der Waals surface area contributed by atoms with Crippen molar-refractivity contribution < 1.29 is 14.0 Å². The molecule has 0 spiro atoms. The van der Waals surface area contributed by atoms with Crippen LogP contribution in [0.5, 0.6) is 5.75 Å². The van der Waals surface area contributed by atoms with E-state index in [2.05, 4.69) is 15.9 Å². The summed E-state index contributed by atoms with van der Waals surface area (Å²) >= 11 is 3.39. The first-order chi connectivity index (χ1) is 9.38. The molecule has 0 heterocycles. The molecule has 0 bridgehead atoms. The summed E-state index contributed by atoms with van der Waals surface area (Å²) in [4.78, 5) is 9.62. The van der Waals surface area contributed by atoms with Gasteiger partial charge in [-0.05, 0) is 49.5 Å². The van der Waals surface area contributed by atoms with Crippen LogP contribution in [0, 0.1) is 0 Å². The lowest BCUT2D eigenvalue weighted by Crippen LogP contribution is -2.11. The average Bonchev–Trinajstić information content (AvgIpc) is 2.40. The van der Waals surface area contributed by atoms with Gasteiger partial charge < -0.3 is 9.42 Å². The van der Waals surface area contributed by atoms with Crippen molar-refractivity contribution >= 4 is 23.7 Å². The first-order valence-electron chi connectivity index (χ1n) is 5.95. The van der Waals surface area contributed by atoms with Crippen molar-refractivity contribution in [2.24, 2.45) is 0 Å². The minimum absolute atomic E-state index is 0.366. The molecule has 6 heteroatoms. The van der Waals surface area contributed by atoms with Crippen LogP contribution < -0.4 is 4.52 Å². The Kier molecular flexibility index (Phi) is 4.66. The summed E-state index contributed by atoms with van der Waals surface area (Å²) in [6.45, 7) is 0. The molecule has 106 valence electrons. The molecule has 0 fully saturated rings. The Labute approximate surface area is 126 Å². The summed E-state index contributed by atoms with van der Waals surface area (Å²) in [5.41, 5.74) is 2.09. The molecular formula is C14H15BrNO3P.